The van der Waals surface area contributed by atoms with Gasteiger partial charge in [0.2, 0.25) is 0 Å². The summed E-state index contributed by atoms with van der Waals surface area (Å²) in [5.74, 6) is 2.26. The summed E-state index contributed by atoms with van der Waals surface area (Å²) >= 11 is 6.08. The van der Waals surface area contributed by atoms with Crippen LogP contribution in [0.4, 0.5) is 0 Å². The molecule has 0 saturated carbocycles. The molecule has 0 N–H and O–H groups in total. The van der Waals surface area contributed by atoms with Crippen molar-refractivity contribution in [3.63, 3.8) is 0 Å². The Hall–Kier alpha value is -0.490. The molecule has 1 unspecified atom stereocenters. The van der Waals surface area contributed by atoms with Crippen LogP contribution in [0.5, 0.6) is 0 Å². The fraction of sp³-hybridized carbons (Fsp3) is 0.600. The topological polar surface area (TPSA) is 0 Å². The molecule has 0 aliphatic heterocycles. The normalized spacial score (nSPS) is 13.0. The molecule has 0 amide bonds. The lowest BCUT2D eigenvalue weighted by Crippen LogP contribution is -2.12. The quantitative estimate of drug-likeness (QED) is 0.592. The second-order valence-corrected chi connectivity index (χ2v) is 4.94. The summed E-state index contributed by atoms with van der Waals surface area (Å²) in [5.41, 5.74) is 1.42. The highest BCUT2D eigenvalue weighted by Crippen LogP contribution is 2.23. The van der Waals surface area contributed by atoms with Crippen LogP contribution in [0.15, 0.2) is 30.3 Å². The van der Waals surface area contributed by atoms with E-state index >= 15 is 0 Å². The van der Waals surface area contributed by atoms with Crippen LogP contribution in [-0.2, 0) is 6.42 Å². The van der Waals surface area contributed by atoms with Crippen molar-refractivity contribution >= 4 is 11.6 Å². The molecule has 90 valence electrons. The summed E-state index contributed by atoms with van der Waals surface area (Å²) < 4.78 is 0. The number of rotatable bonds is 7. The van der Waals surface area contributed by atoms with Crippen LogP contribution in [0.3, 0.4) is 0 Å². The molecule has 0 aliphatic rings. The van der Waals surface area contributed by atoms with Crippen LogP contribution in [-0.4, -0.2) is 5.88 Å². The van der Waals surface area contributed by atoms with Gasteiger partial charge in [-0.25, -0.2) is 0 Å². The molecule has 1 aromatic rings. The van der Waals surface area contributed by atoms with E-state index in [0.29, 0.717) is 5.92 Å². The molecule has 0 fully saturated rings. The second-order valence-electron chi connectivity index (χ2n) is 4.63. The average molecular weight is 239 g/mol. The summed E-state index contributed by atoms with van der Waals surface area (Å²) in [6.07, 6.45) is 4.95. The average Bonchev–Trinajstić information content (AvgIpc) is 2.35. The van der Waals surface area contributed by atoms with E-state index in [-0.39, 0.29) is 0 Å². The molecular formula is C15H23Cl. The number of halogens is 1. The molecule has 0 spiro atoms. The lowest BCUT2D eigenvalue weighted by Gasteiger charge is -2.20. The molecule has 0 nitrogen and oxygen atoms in total. The summed E-state index contributed by atoms with van der Waals surface area (Å²) in [4.78, 5) is 0. The highest BCUT2D eigenvalue weighted by molar-refractivity contribution is 6.18. The Morgan fingerprint density at radius 3 is 2.12 bits per heavy atom. The SMILES string of the molecule is CCC(CC)CC(CCl)Cc1ccccc1. The first-order valence-electron chi connectivity index (χ1n) is 6.40. The fourth-order valence-corrected chi connectivity index (χ4v) is 2.48. The van der Waals surface area contributed by atoms with Crippen molar-refractivity contribution in [2.75, 3.05) is 5.88 Å². The maximum atomic E-state index is 6.08. The Balaban J connectivity index is 2.49. The van der Waals surface area contributed by atoms with Gasteiger partial charge < -0.3 is 0 Å². The van der Waals surface area contributed by atoms with E-state index in [1.54, 1.807) is 0 Å². The molecule has 1 rings (SSSR count). The van der Waals surface area contributed by atoms with Gasteiger partial charge in [-0.05, 0) is 30.2 Å². The Labute approximate surface area is 105 Å². The first-order valence-corrected chi connectivity index (χ1v) is 6.93. The predicted molar refractivity (Wildman–Crippen MR) is 73.0 cm³/mol. The Bertz CT molecular complexity index is 264. The zero-order valence-corrected chi connectivity index (χ0v) is 11.2. The molecule has 0 bridgehead atoms. The zero-order chi connectivity index (χ0) is 11.8. The van der Waals surface area contributed by atoms with Crippen molar-refractivity contribution in [1.29, 1.82) is 0 Å². The molecule has 0 aliphatic carbocycles. The van der Waals surface area contributed by atoms with Gasteiger partial charge in [0.25, 0.3) is 0 Å². The minimum Gasteiger partial charge on any atom is -0.126 e. The monoisotopic (exact) mass is 238 g/mol. The van der Waals surface area contributed by atoms with E-state index in [4.69, 9.17) is 11.6 Å². The van der Waals surface area contributed by atoms with E-state index in [0.717, 1.165) is 18.2 Å². The van der Waals surface area contributed by atoms with Crippen molar-refractivity contribution in [3.8, 4) is 0 Å². The molecule has 0 heterocycles. The lowest BCUT2D eigenvalue weighted by atomic mass is 9.88. The molecule has 1 heteroatoms. The Kier molecular flexibility index (Phi) is 6.56. The molecular weight excluding hydrogens is 216 g/mol. The summed E-state index contributed by atoms with van der Waals surface area (Å²) in [5, 5.41) is 0. The molecule has 16 heavy (non-hydrogen) atoms. The number of hydrogen-bond acceptors (Lipinski definition) is 0. The standard InChI is InChI=1S/C15H23Cl/c1-3-13(4-2)10-15(12-16)11-14-8-6-5-7-9-14/h5-9,13,15H,3-4,10-12H2,1-2H3. The van der Waals surface area contributed by atoms with Gasteiger partial charge >= 0.3 is 0 Å². The summed E-state index contributed by atoms with van der Waals surface area (Å²) in [6, 6.07) is 10.7. The maximum Gasteiger partial charge on any atom is 0.0255 e. The first kappa shape index (κ1) is 13.6. The minimum absolute atomic E-state index is 0.633. The van der Waals surface area contributed by atoms with E-state index in [2.05, 4.69) is 44.2 Å². The van der Waals surface area contributed by atoms with Crippen LogP contribution in [0, 0.1) is 11.8 Å². The highest BCUT2D eigenvalue weighted by atomic mass is 35.5. The Morgan fingerprint density at radius 2 is 1.62 bits per heavy atom. The van der Waals surface area contributed by atoms with Gasteiger partial charge in [-0.2, -0.15) is 0 Å². The van der Waals surface area contributed by atoms with Gasteiger partial charge in [-0.3, -0.25) is 0 Å². The summed E-state index contributed by atoms with van der Waals surface area (Å²) in [7, 11) is 0. The summed E-state index contributed by atoms with van der Waals surface area (Å²) in [6.45, 7) is 4.56. The molecule has 1 aromatic carbocycles. The van der Waals surface area contributed by atoms with Gasteiger partial charge in [0, 0.05) is 5.88 Å². The Morgan fingerprint density at radius 1 is 1.00 bits per heavy atom. The molecule has 0 radical (unpaired) electrons. The number of alkyl halides is 1. The van der Waals surface area contributed by atoms with Gasteiger partial charge in [-0.15, -0.1) is 11.6 Å². The van der Waals surface area contributed by atoms with Crippen LogP contribution in [0.1, 0.15) is 38.7 Å². The van der Waals surface area contributed by atoms with E-state index in [1.807, 2.05) is 0 Å². The predicted octanol–water partition coefficient (Wildman–Crippen LogP) is 4.91. The van der Waals surface area contributed by atoms with Crippen molar-refractivity contribution in [3.05, 3.63) is 35.9 Å². The van der Waals surface area contributed by atoms with Crippen LogP contribution >= 0.6 is 11.6 Å². The van der Waals surface area contributed by atoms with Gasteiger partial charge in [-0.1, -0.05) is 57.0 Å². The molecule has 0 saturated heterocycles. The van der Waals surface area contributed by atoms with Crippen molar-refractivity contribution in [2.45, 2.75) is 39.5 Å². The highest BCUT2D eigenvalue weighted by Gasteiger charge is 2.13. The second kappa shape index (κ2) is 7.73. The largest absolute Gasteiger partial charge is 0.126 e. The first-order chi connectivity index (χ1) is 7.80. The van der Waals surface area contributed by atoms with Crippen LogP contribution in [0.25, 0.3) is 0 Å². The van der Waals surface area contributed by atoms with E-state index in [9.17, 15) is 0 Å². The molecule has 1 atom stereocenters. The van der Waals surface area contributed by atoms with E-state index in [1.165, 1.54) is 24.8 Å². The van der Waals surface area contributed by atoms with Crippen LogP contribution < -0.4 is 0 Å². The molecule has 0 aromatic heterocycles. The third-order valence-corrected chi connectivity index (χ3v) is 3.84. The minimum atomic E-state index is 0.633. The third-order valence-electron chi connectivity index (χ3n) is 3.41. The number of hydrogen-bond donors (Lipinski definition) is 0. The van der Waals surface area contributed by atoms with Gasteiger partial charge in [0.05, 0.1) is 0 Å². The lowest BCUT2D eigenvalue weighted by molar-refractivity contribution is 0.372. The maximum absolute atomic E-state index is 6.08. The van der Waals surface area contributed by atoms with E-state index < -0.39 is 0 Å². The van der Waals surface area contributed by atoms with Crippen molar-refractivity contribution in [2.24, 2.45) is 11.8 Å². The smallest absolute Gasteiger partial charge is 0.0255 e. The zero-order valence-electron chi connectivity index (χ0n) is 10.5. The number of benzene rings is 1. The van der Waals surface area contributed by atoms with Crippen molar-refractivity contribution in [1.82, 2.24) is 0 Å². The van der Waals surface area contributed by atoms with Crippen LogP contribution in [0.2, 0.25) is 0 Å². The van der Waals surface area contributed by atoms with Crippen molar-refractivity contribution < 1.29 is 0 Å². The van der Waals surface area contributed by atoms with Gasteiger partial charge in [0.1, 0.15) is 0 Å². The van der Waals surface area contributed by atoms with Gasteiger partial charge in [0.15, 0.2) is 0 Å². The fourth-order valence-electron chi connectivity index (χ4n) is 2.24. The third kappa shape index (κ3) is 4.57.